The summed E-state index contributed by atoms with van der Waals surface area (Å²) < 4.78 is 22.5. The number of carbonyl (C=O) groups is 1. The van der Waals surface area contributed by atoms with Gasteiger partial charge in [-0.25, -0.2) is 13.6 Å². The molecule has 0 unspecified atom stereocenters. The molecule has 0 saturated carbocycles. The third kappa shape index (κ3) is 3.91. The van der Waals surface area contributed by atoms with Crippen LogP contribution in [0.3, 0.4) is 0 Å². The second kappa shape index (κ2) is 6.98. The molecular weight excluding hydrogens is 336 g/mol. The van der Waals surface area contributed by atoms with Gasteiger partial charge in [-0.2, -0.15) is 0 Å². The molecule has 0 bridgehead atoms. The molecule has 0 aliphatic carbocycles. The molecule has 5 nitrogen and oxygen atoms in total. The van der Waals surface area contributed by atoms with Crippen LogP contribution in [0.1, 0.15) is 43.7 Å². The van der Waals surface area contributed by atoms with Gasteiger partial charge in [0.1, 0.15) is 0 Å². The number of primary sulfonamides is 1. The van der Waals surface area contributed by atoms with Gasteiger partial charge in [-0.3, -0.25) is 4.79 Å². The van der Waals surface area contributed by atoms with Crippen molar-refractivity contribution in [1.29, 1.82) is 0 Å². The largest absolute Gasteiger partial charge is 0.348 e. The van der Waals surface area contributed by atoms with E-state index in [1.807, 2.05) is 27.7 Å². The molecule has 0 fully saturated rings. The fraction of sp³-hybridized carbons (Fsp3) is 0.316. The van der Waals surface area contributed by atoms with Crippen molar-refractivity contribution in [3.05, 3.63) is 63.2 Å². The van der Waals surface area contributed by atoms with E-state index in [0.717, 1.165) is 27.8 Å². The minimum absolute atomic E-state index is 0.0547. The third-order valence-corrected chi connectivity index (χ3v) is 5.86. The Hall–Kier alpha value is -2.18. The van der Waals surface area contributed by atoms with Gasteiger partial charge in [0.05, 0.1) is 4.90 Å². The standard InChI is InChI=1S/C19H24N2O3S/c1-11-12(2)14(4)18(15(5)13(11)3)19(22)21-10-16-6-8-17(9-7-16)25(20,23)24/h6-9H,10H2,1-5H3,(H,21,22)(H2,20,23,24). The lowest BCUT2D eigenvalue weighted by atomic mass is 9.89. The van der Waals surface area contributed by atoms with Crippen molar-refractivity contribution in [3.63, 3.8) is 0 Å². The maximum absolute atomic E-state index is 12.7. The second-order valence-electron chi connectivity index (χ2n) is 6.37. The average molecular weight is 360 g/mol. The van der Waals surface area contributed by atoms with Crippen LogP contribution in [0.2, 0.25) is 0 Å². The molecule has 1 amide bonds. The van der Waals surface area contributed by atoms with E-state index in [0.29, 0.717) is 12.1 Å². The van der Waals surface area contributed by atoms with Crippen molar-refractivity contribution in [2.45, 2.75) is 46.1 Å². The average Bonchev–Trinajstić information content (AvgIpc) is 2.56. The number of benzene rings is 2. The second-order valence-corrected chi connectivity index (χ2v) is 7.93. The minimum Gasteiger partial charge on any atom is -0.348 e. The number of sulfonamides is 1. The van der Waals surface area contributed by atoms with Crippen LogP contribution in [0.15, 0.2) is 29.2 Å². The molecule has 0 heterocycles. The van der Waals surface area contributed by atoms with Gasteiger partial charge in [-0.15, -0.1) is 0 Å². The van der Waals surface area contributed by atoms with E-state index >= 15 is 0 Å². The predicted octanol–water partition coefficient (Wildman–Crippen LogP) is 2.81. The Morgan fingerprint density at radius 2 is 1.32 bits per heavy atom. The fourth-order valence-electron chi connectivity index (χ4n) is 2.91. The lowest BCUT2D eigenvalue weighted by Crippen LogP contribution is -2.25. The summed E-state index contributed by atoms with van der Waals surface area (Å²) in [7, 11) is -3.71. The van der Waals surface area contributed by atoms with Crippen molar-refractivity contribution in [2.75, 3.05) is 0 Å². The summed E-state index contributed by atoms with van der Waals surface area (Å²) in [5.74, 6) is -0.128. The van der Waals surface area contributed by atoms with E-state index in [-0.39, 0.29) is 10.8 Å². The van der Waals surface area contributed by atoms with E-state index < -0.39 is 10.0 Å². The summed E-state index contributed by atoms with van der Waals surface area (Å²) in [6.45, 7) is 10.4. The Balaban J connectivity index is 2.22. The van der Waals surface area contributed by atoms with Crippen molar-refractivity contribution >= 4 is 15.9 Å². The highest BCUT2D eigenvalue weighted by Gasteiger charge is 2.18. The van der Waals surface area contributed by atoms with Crippen LogP contribution in [-0.2, 0) is 16.6 Å². The van der Waals surface area contributed by atoms with Gasteiger partial charge in [0.15, 0.2) is 0 Å². The summed E-state index contributed by atoms with van der Waals surface area (Å²) in [5.41, 5.74) is 6.96. The Kier molecular flexibility index (Phi) is 5.34. The first-order valence-electron chi connectivity index (χ1n) is 8.01. The zero-order chi connectivity index (χ0) is 18.9. The number of nitrogens with two attached hydrogens (primary N) is 1. The third-order valence-electron chi connectivity index (χ3n) is 4.93. The zero-order valence-electron chi connectivity index (χ0n) is 15.2. The summed E-state index contributed by atoms with van der Waals surface area (Å²) in [6.07, 6.45) is 0. The smallest absolute Gasteiger partial charge is 0.252 e. The highest BCUT2D eigenvalue weighted by molar-refractivity contribution is 7.89. The van der Waals surface area contributed by atoms with Crippen LogP contribution in [0.5, 0.6) is 0 Å². The van der Waals surface area contributed by atoms with Crippen LogP contribution in [-0.4, -0.2) is 14.3 Å². The number of amides is 1. The first-order valence-corrected chi connectivity index (χ1v) is 9.55. The van der Waals surface area contributed by atoms with Gasteiger partial charge in [0.2, 0.25) is 10.0 Å². The molecule has 0 aromatic heterocycles. The molecule has 6 heteroatoms. The lowest BCUT2D eigenvalue weighted by Gasteiger charge is -2.18. The zero-order valence-corrected chi connectivity index (χ0v) is 16.0. The summed E-state index contributed by atoms with van der Waals surface area (Å²) in [6, 6.07) is 6.16. The van der Waals surface area contributed by atoms with Crippen molar-refractivity contribution in [1.82, 2.24) is 5.32 Å². The molecular formula is C19H24N2O3S. The maximum atomic E-state index is 12.7. The van der Waals surface area contributed by atoms with E-state index in [9.17, 15) is 13.2 Å². The number of hydrogen-bond donors (Lipinski definition) is 2. The molecule has 0 spiro atoms. The number of carbonyl (C=O) groups excluding carboxylic acids is 1. The SMILES string of the molecule is Cc1c(C)c(C)c(C(=O)NCc2ccc(S(N)(=O)=O)cc2)c(C)c1C. The minimum atomic E-state index is -3.71. The monoisotopic (exact) mass is 360 g/mol. The van der Waals surface area contributed by atoms with E-state index in [1.54, 1.807) is 12.1 Å². The molecule has 0 aliphatic heterocycles. The molecule has 2 rings (SSSR count). The Morgan fingerprint density at radius 3 is 1.76 bits per heavy atom. The first kappa shape index (κ1) is 19.1. The Labute approximate surface area is 149 Å². The van der Waals surface area contributed by atoms with Crippen LogP contribution < -0.4 is 10.5 Å². The van der Waals surface area contributed by atoms with E-state index in [1.165, 1.54) is 17.7 Å². The topological polar surface area (TPSA) is 89.3 Å². The molecule has 2 aromatic rings. The highest BCUT2D eigenvalue weighted by atomic mass is 32.2. The first-order chi connectivity index (χ1) is 11.5. The molecule has 0 saturated heterocycles. The number of rotatable bonds is 4. The molecule has 0 atom stereocenters. The van der Waals surface area contributed by atoms with Gasteiger partial charge in [-0.1, -0.05) is 12.1 Å². The van der Waals surface area contributed by atoms with E-state index in [2.05, 4.69) is 12.2 Å². The summed E-state index contributed by atoms with van der Waals surface area (Å²) in [5, 5.41) is 7.99. The fourth-order valence-corrected chi connectivity index (χ4v) is 3.42. The summed E-state index contributed by atoms with van der Waals surface area (Å²) >= 11 is 0. The quantitative estimate of drug-likeness (QED) is 0.878. The molecule has 25 heavy (non-hydrogen) atoms. The molecule has 0 radical (unpaired) electrons. The van der Waals surface area contributed by atoms with Gasteiger partial charge in [0.25, 0.3) is 5.91 Å². The van der Waals surface area contributed by atoms with Crippen LogP contribution in [0.25, 0.3) is 0 Å². The van der Waals surface area contributed by atoms with Crippen LogP contribution >= 0.6 is 0 Å². The molecule has 0 aliphatic rings. The Morgan fingerprint density at radius 1 is 0.880 bits per heavy atom. The van der Waals surface area contributed by atoms with Crippen molar-refractivity contribution < 1.29 is 13.2 Å². The van der Waals surface area contributed by atoms with Crippen molar-refractivity contribution in [2.24, 2.45) is 5.14 Å². The van der Waals surface area contributed by atoms with Gasteiger partial charge in [0, 0.05) is 12.1 Å². The van der Waals surface area contributed by atoms with Crippen LogP contribution in [0.4, 0.5) is 0 Å². The summed E-state index contributed by atoms with van der Waals surface area (Å²) in [4.78, 5) is 12.7. The molecule has 134 valence electrons. The lowest BCUT2D eigenvalue weighted by molar-refractivity contribution is 0.0949. The van der Waals surface area contributed by atoms with Gasteiger partial charge < -0.3 is 5.32 Å². The van der Waals surface area contributed by atoms with Gasteiger partial charge in [-0.05, 0) is 80.1 Å². The predicted molar refractivity (Wildman–Crippen MR) is 99.1 cm³/mol. The number of nitrogens with one attached hydrogen (secondary N) is 1. The van der Waals surface area contributed by atoms with Crippen LogP contribution in [0, 0.1) is 34.6 Å². The maximum Gasteiger partial charge on any atom is 0.252 e. The van der Waals surface area contributed by atoms with Crippen molar-refractivity contribution in [3.8, 4) is 0 Å². The highest BCUT2D eigenvalue weighted by Crippen LogP contribution is 2.26. The van der Waals surface area contributed by atoms with Gasteiger partial charge >= 0.3 is 0 Å². The van der Waals surface area contributed by atoms with E-state index in [4.69, 9.17) is 5.14 Å². The normalized spacial score (nSPS) is 11.4. The Bertz CT molecular complexity index is 901. The number of hydrogen-bond acceptors (Lipinski definition) is 3. The molecule has 3 N–H and O–H groups in total. The molecule has 2 aromatic carbocycles.